The maximum absolute atomic E-state index is 10.8. The van der Waals surface area contributed by atoms with Gasteiger partial charge in [0, 0.05) is 23.7 Å². The van der Waals surface area contributed by atoms with Crippen LogP contribution in [0.3, 0.4) is 0 Å². The van der Waals surface area contributed by atoms with Crippen molar-refractivity contribution in [2.45, 2.75) is 18.1 Å². The topological polar surface area (TPSA) is 26.3 Å². The van der Waals surface area contributed by atoms with Crippen LogP contribution in [0.5, 0.6) is 0 Å². The second kappa shape index (κ2) is 3.32. The molecule has 0 unspecified atom stereocenters. The molecule has 54 valence electrons. The zero-order chi connectivity index (χ0) is 6.69. The van der Waals surface area contributed by atoms with Gasteiger partial charge in [-0.15, -0.1) is 0 Å². The monoisotopic (exact) mass is 148 g/mol. The number of rotatable bonds is 1. The molecule has 1 aliphatic heterocycles. The standard InChI is InChI=1S/C6H12O2S/c1-9(7)6-3-2-4-8-5-6/h6H,2-5H2,1H3/t6-,9-/m0/s1. The first-order valence-electron chi connectivity index (χ1n) is 3.20. The Morgan fingerprint density at radius 2 is 2.44 bits per heavy atom. The quantitative estimate of drug-likeness (QED) is 0.542. The Balaban J connectivity index is 2.31. The molecule has 0 radical (unpaired) electrons. The number of ether oxygens (including phenoxy) is 1. The molecule has 3 heteroatoms. The van der Waals surface area contributed by atoms with Crippen molar-refractivity contribution in [2.75, 3.05) is 19.5 Å². The van der Waals surface area contributed by atoms with Gasteiger partial charge in [0.15, 0.2) is 0 Å². The predicted molar refractivity (Wildman–Crippen MR) is 37.9 cm³/mol. The molecule has 9 heavy (non-hydrogen) atoms. The molecule has 0 aromatic carbocycles. The Bertz CT molecular complexity index is 108. The lowest BCUT2D eigenvalue weighted by Gasteiger charge is -2.19. The number of hydrogen-bond donors (Lipinski definition) is 0. The van der Waals surface area contributed by atoms with Crippen molar-refractivity contribution in [2.24, 2.45) is 0 Å². The van der Waals surface area contributed by atoms with Gasteiger partial charge in [0.2, 0.25) is 0 Å². The summed E-state index contributed by atoms with van der Waals surface area (Å²) in [5, 5.41) is 0.304. The highest BCUT2D eigenvalue weighted by atomic mass is 32.2. The highest BCUT2D eigenvalue weighted by Crippen LogP contribution is 2.10. The fraction of sp³-hybridized carbons (Fsp3) is 1.00. The maximum atomic E-state index is 10.8. The zero-order valence-corrected chi connectivity index (χ0v) is 6.45. The largest absolute Gasteiger partial charge is 0.380 e. The highest BCUT2D eigenvalue weighted by molar-refractivity contribution is 7.84. The van der Waals surface area contributed by atoms with Crippen LogP contribution in [-0.4, -0.2) is 28.9 Å². The Labute approximate surface area is 58.0 Å². The van der Waals surface area contributed by atoms with Crippen LogP contribution in [0, 0.1) is 0 Å². The molecule has 0 saturated carbocycles. The van der Waals surface area contributed by atoms with Crippen LogP contribution < -0.4 is 0 Å². The second-order valence-electron chi connectivity index (χ2n) is 2.34. The van der Waals surface area contributed by atoms with E-state index in [0.717, 1.165) is 19.4 Å². The lowest BCUT2D eigenvalue weighted by Crippen LogP contribution is -2.26. The van der Waals surface area contributed by atoms with Crippen LogP contribution >= 0.6 is 0 Å². The molecule has 1 rings (SSSR count). The van der Waals surface area contributed by atoms with Crippen LogP contribution in [-0.2, 0) is 15.5 Å². The minimum Gasteiger partial charge on any atom is -0.380 e. The molecular formula is C6H12O2S. The first-order chi connectivity index (χ1) is 4.30. The van der Waals surface area contributed by atoms with Gasteiger partial charge in [-0.05, 0) is 12.8 Å². The number of hydrogen-bond acceptors (Lipinski definition) is 2. The van der Waals surface area contributed by atoms with Crippen molar-refractivity contribution in [1.29, 1.82) is 0 Å². The molecule has 0 aromatic heterocycles. The molecule has 0 bridgehead atoms. The summed E-state index contributed by atoms with van der Waals surface area (Å²) in [5.74, 6) is 0. The zero-order valence-electron chi connectivity index (χ0n) is 5.63. The Morgan fingerprint density at radius 3 is 2.78 bits per heavy atom. The van der Waals surface area contributed by atoms with Crippen molar-refractivity contribution in [3.05, 3.63) is 0 Å². The van der Waals surface area contributed by atoms with Gasteiger partial charge in [0.1, 0.15) is 0 Å². The van der Waals surface area contributed by atoms with Crippen molar-refractivity contribution in [1.82, 2.24) is 0 Å². The van der Waals surface area contributed by atoms with Gasteiger partial charge < -0.3 is 4.74 Å². The van der Waals surface area contributed by atoms with E-state index < -0.39 is 10.8 Å². The first kappa shape index (κ1) is 7.22. The lowest BCUT2D eigenvalue weighted by molar-refractivity contribution is 0.100. The van der Waals surface area contributed by atoms with Crippen LogP contribution in [0.1, 0.15) is 12.8 Å². The molecule has 0 N–H and O–H groups in total. The Kier molecular flexibility index (Phi) is 2.66. The van der Waals surface area contributed by atoms with E-state index in [0.29, 0.717) is 11.9 Å². The van der Waals surface area contributed by atoms with Crippen LogP contribution in [0.25, 0.3) is 0 Å². The molecule has 1 aliphatic rings. The maximum Gasteiger partial charge on any atom is 0.0609 e. The summed E-state index contributed by atoms with van der Waals surface area (Å²) < 4.78 is 16.0. The van der Waals surface area contributed by atoms with Crippen molar-refractivity contribution in [3.8, 4) is 0 Å². The van der Waals surface area contributed by atoms with Crippen molar-refractivity contribution >= 4 is 10.8 Å². The molecule has 1 fully saturated rings. The van der Waals surface area contributed by atoms with Crippen molar-refractivity contribution < 1.29 is 8.95 Å². The summed E-state index contributed by atoms with van der Waals surface area (Å²) >= 11 is 0. The molecule has 0 amide bonds. The summed E-state index contributed by atoms with van der Waals surface area (Å²) in [6.45, 7) is 1.55. The van der Waals surface area contributed by atoms with Crippen molar-refractivity contribution in [3.63, 3.8) is 0 Å². The fourth-order valence-electron chi connectivity index (χ4n) is 0.973. The van der Waals surface area contributed by atoms with Gasteiger partial charge >= 0.3 is 0 Å². The average molecular weight is 148 g/mol. The van der Waals surface area contributed by atoms with E-state index in [4.69, 9.17) is 4.74 Å². The minimum absolute atomic E-state index is 0.304. The molecule has 1 saturated heterocycles. The Morgan fingerprint density at radius 1 is 1.67 bits per heavy atom. The second-order valence-corrected chi connectivity index (χ2v) is 4.00. The predicted octanol–water partition coefficient (Wildman–Crippen LogP) is 0.544. The van der Waals surface area contributed by atoms with Gasteiger partial charge in [-0.3, -0.25) is 4.21 Å². The molecule has 2 nitrogen and oxygen atoms in total. The third-order valence-electron chi connectivity index (χ3n) is 1.59. The minimum atomic E-state index is -0.677. The molecule has 0 aromatic rings. The van der Waals surface area contributed by atoms with Crippen LogP contribution in [0.4, 0.5) is 0 Å². The lowest BCUT2D eigenvalue weighted by atomic mass is 10.2. The van der Waals surface area contributed by atoms with Gasteiger partial charge in [-0.2, -0.15) is 0 Å². The summed E-state index contributed by atoms with van der Waals surface area (Å²) in [6.07, 6.45) is 3.90. The van der Waals surface area contributed by atoms with E-state index in [9.17, 15) is 4.21 Å². The van der Waals surface area contributed by atoms with E-state index in [1.54, 1.807) is 6.26 Å². The van der Waals surface area contributed by atoms with Gasteiger partial charge in [0.05, 0.1) is 11.9 Å². The van der Waals surface area contributed by atoms with Crippen LogP contribution in [0.15, 0.2) is 0 Å². The molecular weight excluding hydrogens is 136 g/mol. The van der Waals surface area contributed by atoms with Crippen LogP contribution in [0.2, 0.25) is 0 Å². The first-order valence-corrected chi connectivity index (χ1v) is 4.83. The summed E-state index contributed by atoms with van der Waals surface area (Å²) in [4.78, 5) is 0. The smallest absolute Gasteiger partial charge is 0.0609 e. The van der Waals surface area contributed by atoms with E-state index in [-0.39, 0.29) is 0 Å². The van der Waals surface area contributed by atoms with E-state index >= 15 is 0 Å². The third kappa shape index (κ3) is 2.06. The Hall–Kier alpha value is 0.110. The van der Waals surface area contributed by atoms with Gasteiger partial charge in [-0.1, -0.05) is 0 Å². The highest BCUT2D eigenvalue weighted by Gasteiger charge is 2.16. The molecule has 0 spiro atoms. The third-order valence-corrected chi connectivity index (χ3v) is 2.90. The van der Waals surface area contributed by atoms with E-state index in [1.165, 1.54) is 0 Å². The summed E-state index contributed by atoms with van der Waals surface area (Å²) in [6, 6.07) is 0. The molecule has 0 aliphatic carbocycles. The molecule has 2 atom stereocenters. The molecule has 1 heterocycles. The van der Waals surface area contributed by atoms with E-state index in [2.05, 4.69) is 0 Å². The summed E-state index contributed by atoms with van der Waals surface area (Å²) in [7, 11) is -0.677. The fourth-order valence-corrected chi connectivity index (χ4v) is 1.76. The average Bonchev–Trinajstić information content (AvgIpc) is 1.90. The normalized spacial score (nSPS) is 31.9. The van der Waals surface area contributed by atoms with E-state index in [1.807, 2.05) is 0 Å². The van der Waals surface area contributed by atoms with Gasteiger partial charge in [0.25, 0.3) is 0 Å². The SMILES string of the molecule is C[S@](=O)[C@H]1CCCOC1. The van der Waals surface area contributed by atoms with Gasteiger partial charge in [-0.25, -0.2) is 0 Å². The summed E-state index contributed by atoms with van der Waals surface area (Å²) in [5.41, 5.74) is 0.